The Labute approximate surface area is 239 Å². The second kappa shape index (κ2) is 20.5. The highest BCUT2D eigenvalue weighted by molar-refractivity contribution is 8.03. The first-order chi connectivity index (χ1) is 18.4. The normalized spacial score (nSPS) is 13.1. The zero-order valence-electron chi connectivity index (χ0n) is 25.0. The van der Waals surface area contributed by atoms with Crippen molar-refractivity contribution in [3.05, 3.63) is 94.0 Å². The van der Waals surface area contributed by atoms with E-state index in [0.717, 1.165) is 61.6 Å². The first-order valence-electron chi connectivity index (χ1n) is 14.5. The molecule has 0 amide bonds. The van der Waals surface area contributed by atoms with Crippen LogP contribution in [0.3, 0.4) is 0 Å². The summed E-state index contributed by atoms with van der Waals surface area (Å²) in [6.07, 6.45) is 23.3. The van der Waals surface area contributed by atoms with Crippen LogP contribution in [0.4, 0.5) is 0 Å². The predicted octanol–water partition coefficient (Wildman–Crippen LogP) is 11.0. The molecule has 0 aliphatic heterocycles. The minimum atomic E-state index is 0.656. The summed E-state index contributed by atoms with van der Waals surface area (Å²) >= 11 is 1.81. The molecule has 0 aliphatic rings. The van der Waals surface area contributed by atoms with Gasteiger partial charge < -0.3 is 5.73 Å². The maximum Gasteiger partial charge on any atom is 0.0256 e. The molecule has 206 valence electrons. The van der Waals surface area contributed by atoms with Gasteiger partial charge in [0.05, 0.1) is 0 Å². The van der Waals surface area contributed by atoms with Gasteiger partial charge in [-0.15, -0.1) is 0 Å². The molecule has 0 bridgehead atoms. The smallest absolute Gasteiger partial charge is 0.0256 e. The van der Waals surface area contributed by atoms with Crippen molar-refractivity contribution < 1.29 is 0 Å². The molecule has 1 aromatic rings. The van der Waals surface area contributed by atoms with Gasteiger partial charge in [-0.3, -0.25) is 0 Å². The van der Waals surface area contributed by atoms with Crippen LogP contribution < -0.4 is 5.73 Å². The molecule has 0 heterocycles. The lowest BCUT2D eigenvalue weighted by atomic mass is 10.0. The van der Waals surface area contributed by atoms with Crippen LogP contribution in [0.25, 0.3) is 5.57 Å². The fourth-order valence-electron chi connectivity index (χ4n) is 3.68. The minimum absolute atomic E-state index is 0.656. The molecule has 0 atom stereocenters. The van der Waals surface area contributed by atoms with Crippen LogP contribution in [0.15, 0.2) is 87.8 Å². The Hall–Kier alpha value is -2.47. The Bertz CT molecular complexity index is 1080. The van der Waals surface area contributed by atoms with Crippen LogP contribution in [0.1, 0.15) is 110 Å². The van der Waals surface area contributed by atoms with Gasteiger partial charge in [-0.1, -0.05) is 124 Å². The minimum Gasteiger partial charge on any atom is -0.330 e. The van der Waals surface area contributed by atoms with Gasteiger partial charge in [0.1, 0.15) is 0 Å². The molecule has 0 aromatic heterocycles. The molecule has 1 rings (SSSR count). The van der Waals surface area contributed by atoms with E-state index in [1.54, 1.807) is 0 Å². The van der Waals surface area contributed by atoms with Crippen LogP contribution in [-0.2, 0) is 0 Å². The third-order valence-corrected chi connectivity index (χ3v) is 7.16. The molecule has 1 aromatic carbocycles. The summed E-state index contributed by atoms with van der Waals surface area (Å²) in [6, 6.07) is 6.54. The van der Waals surface area contributed by atoms with E-state index in [0.29, 0.717) is 6.54 Å². The molecule has 0 unspecified atom stereocenters. The fourth-order valence-corrected chi connectivity index (χ4v) is 4.93. The van der Waals surface area contributed by atoms with Crippen molar-refractivity contribution in [3.8, 4) is 11.8 Å². The number of allylic oxidation sites excluding steroid dienone is 9. The summed E-state index contributed by atoms with van der Waals surface area (Å²) in [6.45, 7) is 18.4. The van der Waals surface area contributed by atoms with Crippen LogP contribution in [0.5, 0.6) is 0 Å². The molecule has 0 saturated heterocycles. The first kappa shape index (κ1) is 33.6. The fraction of sp³-hybridized carbons (Fsp3) is 0.444. The Kier molecular flexibility index (Phi) is 18.1. The van der Waals surface area contributed by atoms with E-state index in [4.69, 9.17) is 5.73 Å². The zero-order valence-corrected chi connectivity index (χ0v) is 25.8. The van der Waals surface area contributed by atoms with Gasteiger partial charge in [0.2, 0.25) is 0 Å². The molecule has 1 nitrogen and oxygen atoms in total. The first-order valence-corrected chi connectivity index (χ1v) is 15.3. The van der Waals surface area contributed by atoms with Crippen molar-refractivity contribution in [1.29, 1.82) is 0 Å². The van der Waals surface area contributed by atoms with E-state index in [1.165, 1.54) is 39.4 Å². The topological polar surface area (TPSA) is 26.0 Å². The Morgan fingerprint density at radius 2 is 1.76 bits per heavy atom. The number of hydrogen-bond donors (Lipinski definition) is 1. The Morgan fingerprint density at radius 3 is 2.42 bits per heavy atom. The maximum absolute atomic E-state index is 5.89. The third kappa shape index (κ3) is 13.9. The number of nitrogens with two attached hydrogens (primary N) is 1. The van der Waals surface area contributed by atoms with E-state index in [1.807, 2.05) is 11.8 Å². The molecule has 0 saturated carbocycles. The van der Waals surface area contributed by atoms with Crippen LogP contribution in [-0.4, -0.2) is 6.54 Å². The monoisotopic (exact) mass is 529 g/mol. The standard InChI is InChI=1S/C36H51NS/c1-8-12-15-18-32(24-25-37)21-20-31(7)35-23-22-33(19-16-13-9-2)28-36(35)38-34(26-29(5)11-4)27-30(6)17-14-10-3/h17-18,20-23,26-28H,7-15,24-25,37H2,1-6H3/b21-20-,29-26+,30-17-,32-18+,34-27+. The SMILES string of the molecule is C=C(/C=C\C(=C/CCCC)CCN)c1ccc(C#CCCC)cc1SC(/C=C(\C)CC)=C/C(C)=C\CCC. The van der Waals surface area contributed by atoms with Crippen molar-refractivity contribution >= 4 is 17.3 Å². The number of thioether (sulfide) groups is 1. The summed E-state index contributed by atoms with van der Waals surface area (Å²) < 4.78 is 0. The zero-order chi connectivity index (χ0) is 28.2. The van der Waals surface area contributed by atoms with Crippen molar-refractivity contribution in [2.75, 3.05) is 6.54 Å². The van der Waals surface area contributed by atoms with Crippen molar-refractivity contribution in [1.82, 2.24) is 0 Å². The maximum atomic E-state index is 5.89. The molecule has 0 radical (unpaired) electrons. The summed E-state index contributed by atoms with van der Waals surface area (Å²) in [4.78, 5) is 2.43. The van der Waals surface area contributed by atoms with E-state index < -0.39 is 0 Å². The molecule has 2 N–H and O–H groups in total. The average molecular weight is 530 g/mol. The molecule has 2 heteroatoms. The van der Waals surface area contributed by atoms with Gasteiger partial charge >= 0.3 is 0 Å². The second-order valence-electron chi connectivity index (χ2n) is 9.81. The molecular formula is C36H51NS. The summed E-state index contributed by atoms with van der Waals surface area (Å²) in [7, 11) is 0. The van der Waals surface area contributed by atoms with Crippen molar-refractivity contribution in [3.63, 3.8) is 0 Å². The van der Waals surface area contributed by atoms with Gasteiger partial charge in [-0.05, 0) is 87.9 Å². The van der Waals surface area contributed by atoms with Gasteiger partial charge in [0.15, 0.2) is 0 Å². The average Bonchev–Trinajstić information content (AvgIpc) is 2.90. The highest BCUT2D eigenvalue weighted by Gasteiger charge is 2.09. The van der Waals surface area contributed by atoms with Crippen LogP contribution in [0.2, 0.25) is 0 Å². The number of hydrogen-bond acceptors (Lipinski definition) is 2. The van der Waals surface area contributed by atoms with Crippen LogP contribution in [0, 0.1) is 11.8 Å². The lowest BCUT2D eigenvalue weighted by Gasteiger charge is -2.13. The molecule has 0 spiro atoms. The number of unbranched alkanes of at least 4 members (excludes halogenated alkanes) is 4. The Morgan fingerprint density at radius 1 is 0.974 bits per heavy atom. The molecular weight excluding hydrogens is 478 g/mol. The molecule has 0 aliphatic carbocycles. The van der Waals surface area contributed by atoms with E-state index in [2.05, 4.69) is 115 Å². The lowest BCUT2D eigenvalue weighted by Crippen LogP contribution is -1.99. The summed E-state index contributed by atoms with van der Waals surface area (Å²) in [5, 5.41) is 0. The van der Waals surface area contributed by atoms with E-state index in [9.17, 15) is 0 Å². The van der Waals surface area contributed by atoms with Gasteiger partial charge in [0, 0.05) is 21.8 Å². The van der Waals surface area contributed by atoms with Gasteiger partial charge in [-0.2, -0.15) is 0 Å². The lowest BCUT2D eigenvalue weighted by molar-refractivity contribution is 0.807. The molecule has 0 fully saturated rings. The predicted molar refractivity (Wildman–Crippen MR) is 174 cm³/mol. The van der Waals surface area contributed by atoms with Crippen LogP contribution >= 0.6 is 11.8 Å². The van der Waals surface area contributed by atoms with E-state index in [-0.39, 0.29) is 0 Å². The summed E-state index contributed by atoms with van der Waals surface area (Å²) in [5.41, 5.74) is 13.1. The van der Waals surface area contributed by atoms with Gasteiger partial charge in [0.25, 0.3) is 0 Å². The van der Waals surface area contributed by atoms with Crippen molar-refractivity contribution in [2.24, 2.45) is 5.73 Å². The quantitative estimate of drug-likeness (QED) is 0.0997. The second-order valence-corrected chi connectivity index (χ2v) is 10.9. The van der Waals surface area contributed by atoms with E-state index >= 15 is 0 Å². The third-order valence-electron chi connectivity index (χ3n) is 6.13. The van der Waals surface area contributed by atoms with Crippen molar-refractivity contribution in [2.45, 2.75) is 104 Å². The summed E-state index contributed by atoms with van der Waals surface area (Å²) in [5.74, 6) is 6.67. The number of rotatable bonds is 16. The molecule has 38 heavy (non-hydrogen) atoms. The Balaban J connectivity index is 3.50. The van der Waals surface area contributed by atoms with Gasteiger partial charge in [-0.25, -0.2) is 0 Å². The highest BCUT2D eigenvalue weighted by Crippen LogP contribution is 2.36. The number of benzene rings is 1. The largest absolute Gasteiger partial charge is 0.330 e. The highest BCUT2D eigenvalue weighted by atomic mass is 32.2.